The monoisotopic (exact) mass is 422 g/mol. The molecule has 1 aliphatic heterocycles. The molecular formula is C20H23FN2O3S2. The first-order valence-corrected chi connectivity index (χ1v) is 11.8. The van der Waals surface area contributed by atoms with Gasteiger partial charge < -0.3 is 4.90 Å². The first-order chi connectivity index (χ1) is 13.4. The van der Waals surface area contributed by atoms with Gasteiger partial charge >= 0.3 is 0 Å². The summed E-state index contributed by atoms with van der Waals surface area (Å²) in [5, 5.41) is 0. The summed E-state index contributed by atoms with van der Waals surface area (Å²) in [4.78, 5) is 15.3. The third-order valence-corrected chi connectivity index (χ3v) is 8.68. The highest BCUT2D eigenvalue weighted by atomic mass is 32.2. The van der Waals surface area contributed by atoms with Crippen molar-refractivity contribution in [1.82, 2.24) is 9.21 Å². The zero-order chi connectivity index (χ0) is 19.7. The highest BCUT2D eigenvalue weighted by Gasteiger charge is 2.33. The van der Waals surface area contributed by atoms with E-state index in [-0.39, 0.29) is 30.7 Å². The number of hydrogen-bond donors (Lipinski definition) is 0. The first kappa shape index (κ1) is 19.5. The number of nitrogens with zero attached hydrogens (tertiary/aromatic N) is 2. The van der Waals surface area contributed by atoms with Crippen molar-refractivity contribution in [3.63, 3.8) is 0 Å². The second-order valence-electron chi connectivity index (χ2n) is 7.35. The number of amides is 1. The van der Waals surface area contributed by atoms with E-state index in [4.69, 9.17) is 0 Å². The van der Waals surface area contributed by atoms with Crippen LogP contribution in [-0.4, -0.2) is 42.7 Å². The Morgan fingerprint density at radius 3 is 2.54 bits per heavy atom. The molecule has 1 aromatic carbocycles. The molecule has 28 heavy (non-hydrogen) atoms. The molecule has 0 atom stereocenters. The van der Waals surface area contributed by atoms with Gasteiger partial charge in [0.15, 0.2) is 0 Å². The van der Waals surface area contributed by atoms with E-state index in [1.807, 2.05) is 0 Å². The van der Waals surface area contributed by atoms with Gasteiger partial charge in [0.25, 0.3) is 10.0 Å². The Morgan fingerprint density at radius 2 is 1.86 bits per heavy atom. The molecule has 2 fully saturated rings. The smallest absolute Gasteiger partial charge is 0.252 e. The highest BCUT2D eigenvalue weighted by molar-refractivity contribution is 7.91. The molecule has 0 N–H and O–H groups in total. The quantitative estimate of drug-likeness (QED) is 0.687. The van der Waals surface area contributed by atoms with Crippen LogP contribution in [0.25, 0.3) is 0 Å². The molecule has 150 valence electrons. The number of benzene rings is 1. The average Bonchev–Trinajstić information content (AvgIpc) is 3.15. The zero-order valence-electron chi connectivity index (χ0n) is 15.5. The molecule has 2 aromatic rings. The van der Waals surface area contributed by atoms with Crippen molar-refractivity contribution in [2.75, 3.05) is 13.1 Å². The van der Waals surface area contributed by atoms with E-state index in [9.17, 15) is 17.6 Å². The van der Waals surface area contributed by atoms with Crippen molar-refractivity contribution in [1.29, 1.82) is 0 Å². The van der Waals surface area contributed by atoms with Gasteiger partial charge in [0, 0.05) is 36.1 Å². The molecule has 1 aromatic heterocycles. The molecule has 0 unspecified atom stereocenters. The summed E-state index contributed by atoms with van der Waals surface area (Å²) in [6.07, 6.45) is 3.79. The van der Waals surface area contributed by atoms with Crippen molar-refractivity contribution in [3.05, 3.63) is 52.7 Å². The lowest BCUT2D eigenvalue weighted by atomic mass is 10.2. The summed E-state index contributed by atoms with van der Waals surface area (Å²) in [7, 11) is -3.45. The number of carbonyl (C=O) groups is 1. The summed E-state index contributed by atoms with van der Waals surface area (Å²) < 4.78 is 41.1. The molecule has 1 aliphatic carbocycles. The number of hydrogen-bond acceptors (Lipinski definition) is 4. The fourth-order valence-corrected chi connectivity index (χ4v) is 6.53. The Balaban J connectivity index is 1.46. The minimum absolute atomic E-state index is 0.0854. The summed E-state index contributed by atoms with van der Waals surface area (Å²) in [5.41, 5.74) is 0.506. The van der Waals surface area contributed by atoms with E-state index in [2.05, 4.69) is 0 Å². The Morgan fingerprint density at radius 1 is 1.14 bits per heavy atom. The number of thiophene rings is 1. The van der Waals surface area contributed by atoms with Crippen LogP contribution in [0.3, 0.4) is 0 Å². The summed E-state index contributed by atoms with van der Waals surface area (Å²) in [6, 6.07) is 9.97. The summed E-state index contributed by atoms with van der Waals surface area (Å²) >= 11 is 1.16. The minimum atomic E-state index is -3.45. The van der Waals surface area contributed by atoms with Crippen molar-refractivity contribution in [3.8, 4) is 0 Å². The van der Waals surface area contributed by atoms with Crippen molar-refractivity contribution < 1.29 is 17.6 Å². The molecule has 0 bridgehead atoms. The number of rotatable bonds is 7. The SMILES string of the molecule is O=C(Cc1ccc(S(=O)(=O)N2CCCC2)s1)N(Cc1ccccc1F)C1CC1. The van der Waals surface area contributed by atoms with Crippen LogP contribution in [0.1, 0.15) is 36.1 Å². The summed E-state index contributed by atoms with van der Waals surface area (Å²) in [6.45, 7) is 1.37. The van der Waals surface area contributed by atoms with Crippen LogP contribution in [0.4, 0.5) is 4.39 Å². The zero-order valence-corrected chi connectivity index (χ0v) is 17.1. The Hall–Kier alpha value is -1.77. The molecule has 1 saturated heterocycles. The van der Waals surface area contributed by atoms with E-state index in [1.165, 1.54) is 10.4 Å². The maximum Gasteiger partial charge on any atom is 0.252 e. The lowest BCUT2D eigenvalue weighted by Gasteiger charge is -2.22. The second kappa shape index (κ2) is 7.93. The van der Waals surface area contributed by atoms with Crippen LogP contribution in [0.2, 0.25) is 0 Å². The van der Waals surface area contributed by atoms with Crippen LogP contribution in [0, 0.1) is 5.82 Å². The lowest BCUT2D eigenvalue weighted by Crippen LogP contribution is -2.34. The van der Waals surface area contributed by atoms with E-state index < -0.39 is 10.0 Å². The Labute approximate surface area is 168 Å². The van der Waals surface area contributed by atoms with E-state index >= 15 is 0 Å². The normalized spacial score (nSPS) is 17.8. The van der Waals surface area contributed by atoms with Gasteiger partial charge in [0.2, 0.25) is 5.91 Å². The Kier molecular flexibility index (Phi) is 5.53. The van der Waals surface area contributed by atoms with Crippen molar-refractivity contribution in [2.45, 2.75) is 48.9 Å². The predicted octanol–water partition coefficient (Wildman–Crippen LogP) is 3.41. The van der Waals surface area contributed by atoms with Crippen LogP contribution >= 0.6 is 11.3 Å². The fraction of sp³-hybridized carbons (Fsp3) is 0.450. The third kappa shape index (κ3) is 4.14. The Bertz CT molecular complexity index is 963. The molecule has 2 heterocycles. The first-order valence-electron chi connectivity index (χ1n) is 9.57. The van der Waals surface area contributed by atoms with Gasteiger partial charge in [-0.1, -0.05) is 18.2 Å². The molecule has 5 nitrogen and oxygen atoms in total. The van der Waals surface area contributed by atoms with Gasteiger partial charge in [-0.25, -0.2) is 12.8 Å². The molecule has 2 aliphatic rings. The van der Waals surface area contributed by atoms with E-state index in [1.54, 1.807) is 35.2 Å². The van der Waals surface area contributed by atoms with Gasteiger partial charge in [-0.3, -0.25) is 4.79 Å². The van der Waals surface area contributed by atoms with Gasteiger partial charge in [-0.15, -0.1) is 11.3 Å². The third-order valence-electron chi connectivity index (χ3n) is 5.23. The molecular weight excluding hydrogens is 399 g/mol. The molecule has 8 heteroatoms. The van der Waals surface area contributed by atoms with Crippen LogP contribution in [0.5, 0.6) is 0 Å². The van der Waals surface area contributed by atoms with E-state index in [0.717, 1.165) is 41.9 Å². The second-order valence-corrected chi connectivity index (χ2v) is 10.7. The summed E-state index contributed by atoms with van der Waals surface area (Å²) in [5.74, 6) is -0.395. The minimum Gasteiger partial charge on any atom is -0.335 e. The van der Waals surface area contributed by atoms with Crippen LogP contribution in [-0.2, 0) is 27.8 Å². The largest absolute Gasteiger partial charge is 0.335 e. The fourth-order valence-electron chi connectivity index (χ4n) is 3.52. The van der Waals surface area contributed by atoms with Crippen molar-refractivity contribution >= 4 is 27.3 Å². The van der Waals surface area contributed by atoms with Crippen molar-refractivity contribution in [2.24, 2.45) is 0 Å². The van der Waals surface area contributed by atoms with Crippen LogP contribution in [0.15, 0.2) is 40.6 Å². The molecule has 0 radical (unpaired) electrons. The van der Waals surface area contributed by atoms with Gasteiger partial charge in [0.1, 0.15) is 10.0 Å². The van der Waals surface area contributed by atoms with Crippen LogP contribution < -0.4 is 0 Å². The predicted molar refractivity (Wildman–Crippen MR) is 106 cm³/mol. The van der Waals surface area contributed by atoms with Gasteiger partial charge in [-0.2, -0.15) is 4.31 Å². The number of sulfonamides is 1. The maximum absolute atomic E-state index is 14.0. The number of carbonyl (C=O) groups excluding carboxylic acids is 1. The van der Waals surface area contributed by atoms with Gasteiger partial charge in [-0.05, 0) is 43.9 Å². The van der Waals surface area contributed by atoms with Gasteiger partial charge in [0.05, 0.1) is 6.42 Å². The molecule has 0 spiro atoms. The average molecular weight is 423 g/mol. The highest BCUT2D eigenvalue weighted by Crippen LogP contribution is 2.31. The topological polar surface area (TPSA) is 57.7 Å². The number of halogens is 1. The standard InChI is InChI=1S/C20H23FN2O3S2/c21-18-6-2-1-5-15(18)14-23(16-7-8-16)19(24)13-17-9-10-20(27-17)28(25,26)22-11-3-4-12-22/h1-2,5-6,9-10,16H,3-4,7-8,11-14H2. The molecule has 1 saturated carbocycles. The maximum atomic E-state index is 14.0. The molecule has 4 rings (SSSR count). The lowest BCUT2D eigenvalue weighted by molar-refractivity contribution is -0.131. The molecule has 1 amide bonds. The van der Waals surface area contributed by atoms with E-state index in [0.29, 0.717) is 22.9 Å².